The molecule has 2 rings (SSSR count). The van der Waals surface area contributed by atoms with Crippen molar-refractivity contribution in [2.24, 2.45) is 5.84 Å². The largest absolute Gasteiger partial charge is 0.335 e. The number of nitrogens with one attached hydrogen (secondary N) is 1. The van der Waals surface area contributed by atoms with Crippen LogP contribution in [0, 0.1) is 0 Å². The maximum absolute atomic E-state index is 5.09. The molecule has 0 unspecified atom stereocenters. The molecule has 2 aromatic heterocycles. The van der Waals surface area contributed by atoms with Gasteiger partial charge in [0.1, 0.15) is 0 Å². The Bertz CT molecular complexity index is 412. The van der Waals surface area contributed by atoms with Gasteiger partial charge >= 0.3 is 6.01 Å². The quantitative estimate of drug-likeness (QED) is 0.637. The number of nitrogens with zero attached hydrogens (tertiary/aromatic N) is 2. The van der Waals surface area contributed by atoms with Crippen molar-refractivity contribution in [2.75, 3.05) is 5.43 Å². The van der Waals surface area contributed by atoms with E-state index in [-0.39, 0.29) is 6.01 Å². The molecule has 0 aliphatic carbocycles. The first-order valence-corrected chi connectivity index (χ1v) is 4.96. The molecule has 3 N–H and O–H groups in total. The maximum atomic E-state index is 5.09. The van der Waals surface area contributed by atoms with Gasteiger partial charge in [-0.2, -0.15) is 4.98 Å². The van der Waals surface area contributed by atoms with E-state index in [1.807, 2.05) is 12.1 Å². The van der Waals surface area contributed by atoms with E-state index in [9.17, 15) is 0 Å². The van der Waals surface area contributed by atoms with Crippen LogP contribution in [-0.4, -0.2) is 10.1 Å². The Morgan fingerprint density at radius 2 is 2.38 bits per heavy atom. The Hall–Kier alpha value is -0.920. The van der Waals surface area contributed by atoms with Gasteiger partial charge in [-0.3, -0.25) is 5.43 Å². The highest BCUT2D eigenvalue weighted by atomic mass is 79.9. The third-order valence-corrected chi connectivity index (χ3v) is 2.96. The molecule has 0 saturated carbocycles. The number of thiophene rings is 1. The molecule has 7 heteroatoms. The van der Waals surface area contributed by atoms with Crippen molar-refractivity contribution in [3.05, 3.63) is 15.9 Å². The smallest absolute Gasteiger partial charge is 0.314 e. The van der Waals surface area contributed by atoms with Crippen molar-refractivity contribution in [1.82, 2.24) is 10.1 Å². The Morgan fingerprint density at radius 3 is 2.92 bits per heavy atom. The predicted octanol–water partition coefficient (Wildman–Crippen LogP) is 1.85. The number of hydrazine groups is 1. The zero-order chi connectivity index (χ0) is 9.26. The maximum Gasteiger partial charge on any atom is 0.335 e. The van der Waals surface area contributed by atoms with Crippen LogP contribution in [0.5, 0.6) is 0 Å². The van der Waals surface area contributed by atoms with Gasteiger partial charge in [0.2, 0.25) is 5.82 Å². The highest BCUT2D eigenvalue weighted by Crippen LogP contribution is 2.29. The van der Waals surface area contributed by atoms with E-state index in [4.69, 9.17) is 10.4 Å². The summed E-state index contributed by atoms with van der Waals surface area (Å²) in [4.78, 5) is 4.92. The molecule has 5 nitrogen and oxygen atoms in total. The zero-order valence-electron chi connectivity index (χ0n) is 6.32. The Labute approximate surface area is 86.0 Å². The van der Waals surface area contributed by atoms with E-state index in [1.165, 1.54) is 11.3 Å². The van der Waals surface area contributed by atoms with Crippen molar-refractivity contribution in [2.45, 2.75) is 0 Å². The van der Waals surface area contributed by atoms with E-state index in [2.05, 4.69) is 31.5 Å². The van der Waals surface area contributed by atoms with Crippen LogP contribution in [0.4, 0.5) is 6.01 Å². The molecule has 0 amide bonds. The molecule has 68 valence electrons. The summed E-state index contributed by atoms with van der Waals surface area (Å²) >= 11 is 4.87. The zero-order valence-corrected chi connectivity index (χ0v) is 8.72. The highest BCUT2D eigenvalue weighted by molar-refractivity contribution is 9.11. The second-order valence-corrected chi connectivity index (χ2v) is 4.63. The predicted molar refractivity (Wildman–Crippen MR) is 53.1 cm³/mol. The Kier molecular flexibility index (Phi) is 2.30. The van der Waals surface area contributed by atoms with Gasteiger partial charge in [0, 0.05) is 0 Å². The highest BCUT2D eigenvalue weighted by Gasteiger charge is 2.08. The van der Waals surface area contributed by atoms with Gasteiger partial charge < -0.3 is 4.52 Å². The Balaban J connectivity index is 2.35. The van der Waals surface area contributed by atoms with Gasteiger partial charge in [0.05, 0.1) is 8.66 Å². The van der Waals surface area contributed by atoms with E-state index >= 15 is 0 Å². The standard InChI is InChI=1S/C6H5BrN4OS/c7-4-2-1-3(13-4)5-9-6(10-8)12-11-5/h1-2H,8H2,(H,9,10,11). The van der Waals surface area contributed by atoms with Crippen LogP contribution in [0.2, 0.25) is 0 Å². The van der Waals surface area contributed by atoms with Crippen LogP contribution in [0.15, 0.2) is 20.4 Å². The third-order valence-electron chi connectivity index (χ3n) is 1.34. The minimum absolute atomic E-state index is 0.208. The van der Waals surface area contributed by atoms with Gasteiger partial charge in [0.25, 0.3) is 0 Å². The van der Waals surface area contributed by atoms with Crippen LogP contribution in [0.3, 0.4) is 0 Å². The summed E-state index contributed by atoms with van der Waals surface area (Å²) in [6.07, 6.45) is 0. The first-order chi connectivity index (χ1) is 6.29. The number of rotatable bonds is 2. The SMILES string of the molecule is NNc1nc(-c2ccc(Br)s2)no1. The van der Waals surface area contributed by atoms with Crippen LogP contribution < -0.4 is 11.3 Å². The summed E-state index contributed by atoms with van der Waals surface area (Å²) in [6.45, 7) is 0. The molecule has 2 heterocycles. The molecule has 0 aromatic carbocycles. The molecule has 0 aliphatic heterocycles. The molecule has 13 heavy (non-hydrogen) atoms. The molecular formula is C6H5BrN4OS. The second-order valence-electron chi connectivity index (χ2n) is 2.17. The summed E-state index contributed by atoms with van der Waals surface area (Å²) in [7, 11) is 0. The fraction of sp³-hybridized carbons (Fsp3) is 0. The van der Waals surface area contributed by atoms with Gasteiger partial charge in [-0.1, -0.05) is 5.16 Å². The van der Waals surface area contributed by atoms with Gasteiger partial charge in [-0.25, -0.2) is 5.84 Å². The summed E-state index contributed by atoms with van der Waals surface area (Å²) in [5, 5.41) is 3.73. The average Bonchev–Trinajstić information content (AvgIpc) is 2.71. The summed E-state index contributed by atoms with van der Waals surface area (Å²) in [6, 6.07) is 4.03. The van der Waals surface area contributed by atoms with Gasteiger partial charge in [0.15, 0.2) is 0 Å². The fourth-order valence-electron chi connectivity index (χ4n) is 0.817. The number of aromatic nitrogens is 2. The summed E-state index contributed by atoms with van der Waals surface area (Å²) < 4.78 is 5.79. The lowest BCUT2D eigenvalue weighted by atomic mass is 10.4. The first kappa shape index (κ1) is 8.67. The van der Waals surface area contributed by atoms with Crippen LogP contribution in [-0.2, 0) is 0 Å². The molecule has 0 fully saturated rings. The van der Waals surface area contributed by atoms with Gasteiger partial charge in [-0.15, -0.1) is 11.3 Å². The van der Waals surface area contributed by atoms with Crippen molar-refractivity contribution in [3.8, 4) is 10.7 Å². The van der Waals surface area contributed by atoms with Crippen molar-refractivity contribution < 1.29 is 4.52 Å². The molecule has 0 saturated heterocycles. The number of hydrogen-bond acceptors (Lipinski definition) is 6. The van der Waals surface area contributed by atoms with Crippen molar-refractivity contribution in [1.29, 1.82) is 0 Å². The van der Waals surface area contributed by atoms with Crippen molar-refractivity contribution >= 4 is 33.3 Å². The number of halogens is 1. The van der Waals surface area contributed by atoms with E-state index < -0.39 is 0 Å². The van der Waals surface area contributed by atoms with Crippen LogP contribution in [0.25, 0.3) is 10.7 Å². The molecule has 0 spiro atoms. The minimum Gasteiger partial charge on any atom is -0.314 e. The molecule has 2 aromatic rings. The van der Waals surface area contributed by atoms with E-state index in [0.29, 0.717) is 5.82 Å². The van der Waals surface area contributed by atoms with Gasteiger partial charge in [-0.05, 0) is 28.1 Å². The molecule has 0 atom stereocenters. The lowest BCUT2D eigenvalue weighted by Crippen LogP contribution is -2.06. The third kappa shape index (κ3) is 1.71. The topological polar surface area (TPSA) is 77.0 Å². The van der Waals surface area contributed by atoms with E-state index in [1.54, 1.807) is 0 Å². The summed E-state index contributed by atoms with van der Waals surface area (Å²) in [5.41, 5.74) is 2.28. The van der Waals surface area contributed by atoms with Crippen LogP contribution in [0.1, 0.15) is 0 Å². The lowest BCUT2D eigenvalue weighted by Gasteiger charge is -1.84. The Morgan fingerprint density at radius 1 is 1.54 bits per heavy atom. The molecule has 0 aliphatic rings. The normalized spacial score (nSPS) is 10.3. The monoisotopic (exact) mass is 260 g/mol. The molecule has 0 radical (unpaired) electrons. The summed E-state index contributed by atoms with van der Waals surface area (Å²) in [5.74, 6) is 5.63. The lowest BCUT2D eigenvalue weighted by molar-refractivity contribution is 0.433. The minimum atomic E-state index is 0.208. The van der Waals surface area contributed by atoms with Crippen LogP contribution >= 0.6 is 27.3 Å². The number of nitrogens with two attached hydrogens (primary N) is 1. The van der Waals surface area contributed by atoms with E-state index in [0.717, 1.165) is 8.66 Å². The average molecular weight is 261 g/mol. The number of hydrogen-bond donors (Lipinski definition) is 2. The fourth-order valence-corrected chi connectivity index (χ4v) is 2.13. The number of anilines is 1. The molecular weight excluding hydrogens is 256 g/mol. The first-order valence-electron chi connectivity index (χ1n) is 3.35. The second kappa shape index (κ2) is 3.44. The van der Waals surface area contributed by atoms with Crippen molar-refractivity contribution in [3.63, 3.8) is 0 Å². The molecule has 0 bridgehead atoms. The number of nitrogen functional groups attached to an aromatic ring is 1.